The number of carbonyl (C=O) groups is 1. The van der Waals surface area contributed by atoms with E-state index < -0.39 is 0 Å². The number of nitrogens with one attached hydrogen (secondary N) is 3. The maximum atomic E-state index is 12.5. The second kappa shape index (κ2) is 7.24. The minimum Gasteiger partial charge on any atom is -0.492 e. The van der Waals surface area contributed by atoms with Crippen LogP contribution in [0.1, 0.15) is 51.9 Å². The average molecular weight is 344 g/mol. The van der Waals surface area contributed by atoms with Crippen molar-refractivity contribution in [1.82, 2.24) is 5.32 Å². The molecule has 2 saturated heterocycles. The van der Waals surface area contributed by atoms with Crippen LogP contribution in [0.15, 0.2) is 24.3 Å². The van der Waals surface area contributed by atoms with Crippen LogP contribution in [0.3, 0.4) is 0 Å². The molecule has 2 amide bonds. The molecule has 1 aromatic rings. The molecule has 2 bridgehead atoms. The van der Waals surface area contributed by atoms with Crippen molar-refractivity contribution in [1.29, 1.82) is 0 Å². The summed E-state index contributed by atoms with van der Waals surface area (Å²) in [5, 5.41) is 6.20. The number of quaternary nitrogens is 1. The highest BCUT2D eigenvalue weighted by Crippen LogP contribution is 2.28. The Bertz CT molecular complexity index is 603. The van der Waals surface area contributed by atoms with Crippen molar-refractivity contribution in [2.45, 2.75) is 76.0 Å². The molecule has 2 heterocycles. The van der Waals surface area contributed by atoms with Crippen LogP contribution in [0.25, 0.3) is 0 Å². The van der Waals surface area contributed by atoms with Crippen LogP contribution in [0, 0.1) is 0 Å². The van der Waals surface area contributed by atoms with Gasteiger partial charge in [-0.1, -0.05) is 12.1 Å². The molecule has 2 aliphatic heterocycles. The van der Waals surface area contributed by atoms with Gasteiger partial charge in [0.2, 0.25) is 0 Å². The van der Waals surface area contributed by atoms with Crippen LogP contribution in [0.2, 0.25) is 0 Å². The summed E-state index contributed by atoms with van der Waals surface area (Å²) >= 11 is 0. The van der Waals surface area contributed by atoms with Gasteiger partial charge < -0.3 is 20.3 Å². The molecule has 0 radical (unpaired) electrons. The molecule has 136 valence electrons. The van der Waals surface area contributed by atoms with Crippen molar-refractivity contribution >= 4 is 11.7 Å². The maximum absolute atomic E-state index is 12.5. The lowest BCUT2D eigenvalue weighted by Gasteiger charge is -2.46. The molecule has 5 heteroatoms. The van der Waals surface area contributed by atoms with Crippen molar-refractivity contribution in [3.63, 3.8) is 0 Å². The topological polar surface area (TPSA) is 54.8 Å². The van der Waals surface area contributed by atoms with E-state index in [1.165, 1.54) is 32.1 Å². The van der Waals surface area contributed by atoms with E-state index >= 15 is 0 Å². The van der Waals surface area contributed by atoms with E-state index in [1.54, 1.807) is 0 Å². The molecule has 1 saturated carbocycles. The lowest BCUT2D eigenvalue weighted by atomic mass is 9.81. The standard InChI is InChI=1S/C20H29N3O2/c1-2-25-19-9-4-3-8-18(19)22-20(24)21-14-12-16-6-5-7-17(13-14)23(16)15-10-11-15/h3-4,8-9,14-17H,2,5-7,10-13H2,1H3,(H2,21,22,24)/p+1/t14?,16-,17+. The van der Waals surface area contributed by atoms with Crippen LogP contribution in [-0.2, 0) is 0 Å². The molecule has 1 aliphatic carbocycles. The third kappa shape index (κ3) is 3.76. The Kier molecular flexibility index (Phi) is 4.84. The van der Waals surface area contributed by atoms with Crippen LogP contribution in [0.4, 0.5) is 10.5 Å². The van der Waals surface area contributed by atoms with E-state index in [4.69, 9.17) is 4.74 Å². The van der Waals surface area contributed by atoms with Crippen molar-refractivity contribution in [2.75, 3.05) is 11.9 Å². The number of carbonyl (C=O) groups excluding carboxylic acids is 1. The quantitative estimate of drug-likeness (QED) is 0.768. The van der Waals surface area contributed by atoms with Crippen LogP contribution >= 0.6 is 0 Å². The number of hydrogen-bond donors (Lipinski definition) is 3. The van der Waals surface area contributed by atoms with E-state index in [9.17, 15) is 4.79 Å². The molecular formula is C20H30N3O2+. The molecule has 4 rings (SSSR count). The summed E-state index contributed by atoms with van der Waals surface area (Å²) in [4.78, 5) is 14.4. The van der Waals surface area contributed by atoms with Gasteiger partial charge in [0.1, 0.15) is 5.75 Å². The van der Waals surface area contributed by atoms with E-state index in [2.05, 4.69) is 10.6 Å². The van der Waals surface area contributed by atoms with Gasteiger partial charge in [0.05, 0.1) is 30.4 Å². The first kappa shape index (κ1) is 16.7. The Morgan fingerprint density at radius 3 is 2.52 bits per heavy atom. The predicted octanol–water partition coefficient (Wildman–Crippen LogP) is 2.34. The first-order chi connectivity index (χ1) is 12.2. The minimum atomic E-state index is -0.106. The number of amides is 2. The Balaban J connectivity index is 1.36. The zero-order valence-electron chi connectivity index (χ0n) is 15.1. The minimum absolute atomic E-state index is 0.106. The summed E-state index contributed by atoms with van der Waals surface area (Å²) in [5.41, 5.74) is 0.739. The SMILES string of the molecule is CCOc1ccccc1NC(=O)NC1C[C@H]2CCC[C@@H](C1)[NH+]2C1CC1. The molecule has 0 aromatic heterocycles. The van der Waals surface area contributed by atoms with Gasteiger partial charge in [-0.2, -0.15) is 0 Å². The molecule has 3 aliphatic rings. The van der Waals surface area contributed by atoms with Crippen LogP contribution in [0.5, 0.6) is 5.75 Å². The maximum Gasteiger partial charge on any atom is 0.319 e. The summed E-state index contributed by atoms with van der Waals surface area (Å²) < 4.78 is 5.59. The first-order valence-electron chi connectivity index (χ1n) is 9.90. The molecule has 0 spiro atoms. The zero-order valence-corrected chi connectivity index (χ0v) is 15.1. The second-order valence-corrected chi connectivity index (χ2v) is 7.79. The number of anilines is 1. The fraction of sp³-hybridized carbons (Fsp3) is 0.650. The van der Waals surface area contributed by atoms with Crippen molar-refractivity contribution in [3.05, 3.63) is 24.3 Å². The number of rotatable bonds is 5. The van der Waals surface area contributed by atoms with Gasteiger partial charge in [-0.25, -0.2) is 4.79 Å². The number of urea groups is 1. The number of para-hydroxylation sites is 2. The van der Waals surface area contributed by atoms with E-state index in [0.29, 0.717) is 12.6 Å². The lowest BCUT2D eigenvalue weighted by Crippen LogP contribution is -3.22. The number of hydrogen-bond acceptors (Lipinski definition) is 2. The van der Waals surface area contributed by atoms with E-state index in [1.807, 2.05) is 36.1 Å². The smallest absolute Gasteiger partial charge is 0.319 e. The van der Waals surface area contributed by atoms with Crippen molar-refractivity contribution in [3.8, 4) is 5.75 Å². The van der Waals surface area contributed by atoms with Gasteiger partial charge in [-0.15, -0.1) is 0 Å². The Hall–Kier alpha value is -1.75. The average Bonchev–Trinajstić information content (AvgIpc) is 3.41. The summed E-state index contributed by atoms with van der Waals surface area (Å²) in [7, 11) is 0. The van der Waals surface area contributed by atoms with Crippen molar-refractivity contribution < 1.29 is 14.4 Å². The Morgan fingerprint density at radius 2 is 1.84 bits per heavy atom. The van der Waals surface area contributed by atoms with Gasteiger partial charge in [0, 0.05) is 31.7 Å². The number of ether oxygens (including phenoxy) is 1. The monoisotopic (exact) mass is 344 g/mol. The molecule has 1 aromatic carbocycles. The summed E-state index contributed by atoms with van der Waals surface area (Å²) in [6, 6.07) is 10.2. The van der Waals surface area contributed by atoms with Gasteiger partial charge >= 0.3 is 6.03 Å². The van der Waals surface area contributed by atoms with Gasteiger partial charge in [-0.3, -0.25) is 0 Å². The summed E-state index contributed by atoms with van der Waals surface area (Å²) in [6.07, 6.45) is 9.10. The van der Waals surface area contributed by atoms with Crippen molar-refractivity contribution in [2.24, 2.45) is 0 Å². The summed E-state index contributed by atoms with van der Waals surface area (Å²) in [5.74, 6) is 0.727. The van der Waals surface area contributed by atoms with Crippen LogP contribution < -0.4 is 20.3 Å². The number of fused-ring (bicyclic) bond motifs is 2. The van der Waals surface area contributed by atoms with E-state index in [0.717, 1.165) is 42.4 Å². The fourth-order valence-corrected chi connectivity index (χ4v) is 4.96. The molecule has 3 N–H and O–H groups in total. The van der Waals surface area contributed by atoms with Gasteiger partial charge in [0.15, 0.2) is 0 Å². The first-order valence-corrected chi connectivity index (χ1v) is 9.90. The highest BCUT2D eigenvalue weighted by Gasteiger charge is 2.48. The number of benzene rings is 1. The predicted molar refractivity (Wildman–Crippen MR) is 98.2 cm³/mol. The normalized spacial score (nSPS) is 31.2. The van der Waals surface area contributed by atoms with Crippen LogP contribution in [-0.4, -0.2) is 36.8 Å². The zero-order chi connectivity index (χ0) is 17.2. The number of piperidine rings is 2. The molecule has 3 fully saturated rings. The molecule has 25 heavy (non-hydrogen) atoms. The Morgan fingerprint density at radius 1 is 1.12 bits per heavy atom. The molecular weight excluding hydrogens is 314 g/mol. The highest BCUT2D eigenvalue weighted by molar-refractivity contribution is 5.91. The molecule has 4 atom stereocenters. The third-order valence-corrected chi connectivity index (χ3v) is 6.01. The largest absolute Gasteiger partial charge is 0.492 e. The van der Waals surface area contributed by atoms with E-state index in [-0.39, 0.29) is 6.03 Å². The highest BCUT2D eigenvalue weighted by atomic mass is 16.5. The fourth-order valence-electron chi connectivity index (χ4n) is 4.96. The molecule has 2 unspecified atom stereocenters. The third-order valence-electron chi connectivity index (χ3n) is 6.01. The van der Waals surface area contributed by atoms with Gasteiger partial charge in [-0.05, 0) is 38.3 Å². The molecule has 5 nitrogen and oxygen atoms in total. The summed E-state index contributed by atoms with van der Waals surface area (Å²) in [6.45, 7) is 2.54. The second-order valence-electron chi connectivity index (χ2n) is 7.79. The van der Waals surface area contributed by atoms with Gasteiger partial charge in [0.25, 0.3) is 0 Å². The lowest BCUT2D eigenvalue weighted by molar-refractivity contribution is -0.971. The Labute approximate surface area is 150 Å².